The van der Waals surface area contributed by atoms with Crippen molar-refractivity contribution in [3.05, 3.63) is 119 Å². The highest BCUT2D eigenvalue weighted by Gasteiger charge is 2.35. The smallest absolute Gasteiger partial charge is 0.339 e. The lowest BCUT2D eigenvalue weighted by atomic mass is 10.2. The van der Waals surface area contributed by atoms with E-state index in [2.05, 4.69) is 31.9 Å². The number of amidine groups is 1. The Morgan fingerprint density at radius 2 is 1.50 bits per heavy atom. The summed E-state index contributed by atoms with van der Waals surface area (Å²) < 4.78 is 31.8. The lowest BCUT2D eigenvalue weighted by Gasteiger charge is -2.16. The molecule has 0 saturated carbocycles. The van der Waals surface area contributed by atoms with E-state index in [4.69, 9.17) is 32.4 Å². The minimum absolute atomic E-state index is 0.0286. The van der Waals surface area contributed by atoms with Crippen LogP contribution in [0.2, 0.25) is 10.0 Å². The molecule has 0 N–H and O–H groups in total. The average Bonchev–Trinajstić information content (AvgIpc) is 3.24. The van der Waals surface area contributed by atoms with E-state index in [1.165, 1.54) is 28.8 Å². The summed E-state index contributed by atoms with van der Waals surface area (Å²) in [7, 11) is -4.07. The van der Waals surface area contributed by atoms with E-state index >= 15 is 0 Å². The van der Waals surface area contributed by atoms with Crippen molar-refractivity contribution in [3.8, 4) is 5.75 Å². The number of anilines is 1. The molecule has 0 atom stereocenters. The van der Waals surface area contributed by atoms with Crippen LogP contribution in [0.3, 0.4) is 0 Å². The molecular formula is C30H20Br2Cl2N2O4S2. The third-order valence-corrected chi connectivity index (χ3v) is 10.3. The van der Waals surface area contributed by atoms with Gasteiger partial charge in [-0.05, 0) is 129 Å². The highest BCUT2D eigenvalue weighted by molar-refractivity contribution is 9.11. The molecule has 42 heavy (non-hydrogen) atoms. The van der Waals surface area contributed by atoms with Gasteiger partial charge in [-0.2, -0.15) is 8.42 Å². The molecule has 4 aromatic rings. The van der Waals surface area contributed by atoms with E-state index in [0.29, 0.717) is 46.0 Å². The van der Waals surface area contributed by atoms with Gasteiger partial charge in [0.25, 0.3) is 5.91 Å². The molecule has 0 bridgehead atoms. The van der Waals surface area contributed by atoms with E-state index in [9.17, 15) is 13.2 Å². The lowest BCUT2D eigenvalue weighted by molar-refractivity contribution is -0.113. The Balaban J connectivity index is 1.52. The minimum Gasteiger partial charge on any atom is -0.377 e. The monoisotopic (exact) mass is 764 g/mol. The zero-order chi connectivity index (χ0) is 30.2. The van der Waals surface area contributed by atoms with Crippen LogP contribution in [-0.2, 0) is 14.9 Å². The number of rotatable bonds is 6. The van der Waals surface area contributed by atoms with Gasteiger partial charge >= 0.3 is 10.1 Å². The fourth-order valence-corrected chi connectivity index (χ4v) is 7.83. The quantitative estimate of drug-likeness (QED) is 0.144. The molecule has 4 aromatic carbocycles. The summed E-state index contributed by atoms with van der Waals surface area (Å²) in [6.07, 6.45) is 1.70. The fraction of sp³-hybridized carbons (Fsp3) is 0.0667. The molecule has 1 fully saturated rings. The molecule has 0 unspecified atom stereocenters. The summed E-state index contributed by atoms with van der Waals surface area (Å²) in [5.41, 5.74) is 3.58. The lowest BCUT2D eigenvalue weighted by Crippen LogP contribution is -2.28. The number of thioether (sulfide) groups is 1. The van der Waals surface area contributed by atoms with Crippen LogP contribution in [0.1, 0.15) is 16.7 Å². The second-order valence-electron chi connectivity index (χ2n) is 9.18. The minimum atomic E-state index is -4.07. The van der Waals surface area contributed by atoms with Gasteiger partial charge in [0.15, 0.2) is 10.9 Å². The number of benzene rings is 4. The Labute approximate surface area is 274 Å². The molecule has 0 aliphatic carbocycles. The number of hydrogen-bond acceptors (Lipinski definition) is 6. The maximum atomic E-state index is 13.8. The second kappa shape index (κ2) is 12.6. The first-order valence-electron chi connectivity index (χ1n) is 12.3. The van der Waals surface area contributed by atoms with Crippen LogP contribution in [0.5, 0.6) is 5.75 Å². The van der Waals surface area contributed by atoms with E-state index in [1.54, 1.807) is 48.5 Å². The molecule has 1 aliphatic rings. The van der Waals surface area contributed by atoms with Crippen molar-refractivity contribution in [2.75, 3.05) is 4.90 Å². The van der Waals surface area contributed by atoms with Gasteiger partial charge in [-0.3, -0.25) is 9.69 Å². The largest absolute Gasteiger partial charge is 0.377 e. The summed E-state index contributed by atoms with van der Waals surface area (Å²) in [5.74, 6) is -0.211. The predicted molar refractivity (Wildman–Crippen MR) is 179 cm³/mol. The van der Waals surface area contributed by atoms with Gasteiger partial charge < -0.3 is 4.18 Å². The zero-order valence-electron chi connectivity index (χ0n) is 21.9. The third kappa shape index (κ3) is 6.64. The van der Waals surface area contributed by atoms with E-state index in [-0.39, 0.29) is 16.6 Å². The van der Waals surface area contributed by atoms with Crippen LogP contribution >= 0.6 is 66.8 Å². The Kier molecular flexibility index (Phi) is 9.22. The Morgan fingerprint density at radius 1 is 0.881 bits per heavy atom. The molecule has 1 amide bonds. The topological polar surface area (TPSA) is 76.0 Å². The van der Waals surface area contributed by atoms with Gasteiger partial charge in [-0.15, -0.1) is 0 Å². The summed E-state index contributed by atoms with van der Waals surface area (Å²) >= 11 is 20.8. The molecule has 6 nitrogen and oxygen atoms in total. The number of nitrogens with zero attached hydrogens (tertiary/aromatic N) is 2. The van der Waals surface area contributed by atoms with Crippen LogP contribution < -0.4 is 9.08 Å². The standard InChI is InChI=1S/C30H20Br2Cl2N2O4S2/c1-17-8-10-20(15-25(17)33)35-30-36(21-11-9-18(2)26(34)16-21)29(37)27(41-30)14-19-12-23(31)28(24(32)13-19)40-42(38,39)22-6-4-3-5-7-22/h3-16H,1-2H3/b27-14+,35-30?. The van der Waals surface area contributed by atoms with Crippen LogP contribution in [-0.4, -0.2) is 19.5 Å². The molecule has 0 spiro atoms. The Morgan fingerprint density at radius 3 is 2.12 bits per heavy atom. The van der Waals surface area contributed by atoms with Crippen molar-refractivity contribution in [2.24, 2.45) is 4.99 Å². The normalized spacial score (nSPS) is 15.6. The van der Waals surface area contributed by atoms with Crippen molar-refractivity contribution in [2.45, 2.75) is 18.7 Å². The first kappa shape index (κ1) is 30.8. The molecule has 0 aromatic heterocycles. The summed E-state index contributed by atoms with van der Waals surface area (Å²) in [4.78, 5) is 20.4. The maximum Gasteiger partial charge on any atom is 0.339 e. The van der Waals surface area contributed by atoms with Crippen molar-refractivity contribution < 1.29 is 17.4 Å². The van der Waals surface area contributed by atoms with Crippen molar-refractivity contribution in [1.29, 1.82) is 0 Å². The van der Waals surface area contributed by atoms with Crippen molar-refractivity contribution in [1.82, 2.24) is 0 Å². The van der Waals surface area contributed by atoms with Crippen LogP contribution in [0.25, 0.3) is 6.08 Å². The molecule has 5 rings (SSSR count). The van der Waals surface area contributed by atoms with Gasteiger partial charge in [-0.1, -0.05) is 53.5 Å². The van der Waals surface area contributed by atoms with E-state index in [0.717, 1.165) is 11.1 Å². The number of aliphatic imine (C=N–C) groups is 1. The van der Waals surface area contributed by atoms with Crippen LogP contribution in [0.4, 0.5) is 11.4 Å². The Bertz CT molecular complexity index is 1880. The average molecular weight is 767 g/mol. The first-order chi connectivity index (χ1) is 19.9. The third-order valence-electron chi connectivity index (χ3n) is 6.14. The molecule has 12 heteroatoms. The number of halogens is 4. The van der Waals surface area contributed by atoms with Gasteiger partial charge in [0.05, 0.1) is 25.2 Å². The van der Waals surface area contributed by atoms with Crippen molar-refractivity contribution in [3.63, 3.8) is 0 Å². The Hall–Kier alpha value is -2.60. The number of aryl methyl sites for hydroxylation is 2. The highest BCUT2D eigenvalue weighted by atomic mass is 79.9. The van der Waals surface area contributed by atoms with Crippen LogP contribution in [0.15, 0.2) is 103 Å². The van der Waals surface area contributed by atoms with Gasteiger partial charge in [0, 0.05) is 10.0 Å². The number of carbonyl (C=O) groups is 1. The molecule has 214 valence electrons. The number of hydrogen-bond donors (Lipinski definition) is 0. The highest BCUT2D eigenvalue weighted by Crippen LogP contribution is 2.41. The number of amides is 1. The predicted octanol–water partition coefficient (Wildman–Crippen LogP) is 9.71. The molecule has 1 heterocycles. The fourth-order valence-electron chi connectivity index (χ4n) is 3.90. The number of carbonyl (C=O) groups excluding carboxylic acids is 1. The first-order valence-corrected chi connectivity index (χ1v) is 16.8. The van der Waals surface area contributed by atoms with Gasteiger partial charge in [-0.25, -0.2) is 4.99 Å². The summed E-state index contributed by atoms with van der Waals surface area (Å²) in [6, 6.07) is 22.0. The van der Waals surface area contributed by atoms with Crippen LogP contribution in [0, 0.1) is 13.8 Å². The SMILES string of the molecule is Cc1ccc(N=C2S/C(=C/c3cc(Br)c(OS(=O)(=O)c4ccccc4)c(Br)c3)C(=O)N2c2ccc(C)c(Cl)c2)cc1Cl. The molecule has 1 saturated heterocycles. The van der Waals surface area contributed by atoms with Gasteiger partial charge in [0.2, 0.25) is 0 Å². The van der Waals surface area contributed by atoms with Crippen molar-refractivity contribution >= 4 is 105 Å². The maximum absolute atomic E-state index is 13.8. The molecule has 0 radical (unpaired) electrons. The van der Waals surface area contributed by atoms with Gasteiger partial charge in [0.1, 0.15) is 4.90 Å². The zero-order valence-corrected chi connectivity index (χ0v) is 28.3. The second-order valence-corrected chi connectivity index (χ2v) is 14.3. The molecule has 1 aliphatic heterocycles. The summed E-state index contributed by atoms with van der Waals surface area (Å²) in [6.45, 7) is 3.79. The molecular weight excluding hydrogens is 747 g/mol. The summed E-state index contributed by atoms with van der Waals surface area (Å²) in [5, 5.41) is 1.52. The van der Waals surface area contributed by atoms with E-state index < -0.39 is 10.1 Å². The van der Waals surface area contributed by atoms with E-state index in [1.807, 2.05) is 38.1 Å².